The number of benzene rings is 3. The van der Waals surface area contributed by atoms with Gasteiger partial charge in [0.25, 0.3) is 0 Å². The molecule has 2 N–H and O–H groups in total. The number of hydrogen-bond donors (Lipinski definition) is 2. The number of rotatable bonds is 9. The van der Waals surface area contributed by atoms with Gasteiger partial charge < -0.3 is 15.4 Å². The summed E-state index contributed by atoms with van der Waals surface area (Å²) in [6.45, 7) is 5.65. The van der Waals surface area contributed by atoms with Crippen LogP contribution < -0.4 is 15.4 Å². The highest BCUT2D eigenvalue weighted by Crippen LogP contribution is 2.27. The lowest BCUT2D eigenvalue weighted by Crippen LogP contribution is -2.31. The molecule has 4 heteroatoms. The van der Waals surface area contributed by atoms with Crippen LogP contribution in [0.3, 0.4) is 0 Å². The summed E-state index contributed by atoms with van der Waals surface area (Å²) in [7, 11) is 0. The molecule has 31 heavy (non-hydrogen) atoms. The minimum atomic E-state index is 0.405. The summed E-state index contributed by atoms with van der Waals surface area (Å²) in [5.74, 6) is 0.859. The number of aryl methyl sites for hydroxylation is 1. The maximum atomic E-state index is 5.98. The van der Waals surface area contributed by atoms with Crippen molar-refractivity contribution in [3.8, 4) is 5.75 Å². The van der Waals surface area contributed by atoms with Crippen LogP contribution in [-0.2, 0) is 6.42 Å². The first-order valence-corrected chi connectivity index (χ1v) is 10.8. The van der Waals surface area contributed by atoms with Gasteiger partial charge in [0.15, 0.2) is 0 Å². The third kappa shape index (κ3) is 5.83. The first-order chi connectivity index (χ1) is 15.2. The number of nitrogens with zero attached hydrogens (tertiary/aromatic N) is 1. The fourth-order valence-electron chi connectivity index (χ4n) is 3.74. The molecule has 0 spiro atoms. The SMILES string of the molecule is Cc1cc(Nc2cccc(OCCNC(C)Cc3ccccc3)c2)c2ccccc2n1. The van der Waals surface area contributed by atoms with E-state index in [1.165, 1.54) is 5.56 Å². The van der Waals surface area contributed by atoms with Crippen molar-refractivity contribution in [2.45, 2.75) is 26.3 Å². The second-order valence-corrected chi connectivity index (χ2v) is 7.87. The number of fused-ring (bicyclic) bond motifs is 1. The normalized spacial score (nSPS) is 11.9. The predicted molar refractivity (Wildman–Crippen MR) is 129 cm³/mol. The van der Waals surface area contributed by atoms with Crippen LogP contribution in [0.4, 0.5) is 11.4 Å². The predicted octanol–water partition coefficient (Wildman–Crippen LogP) is 5.89. The van der Waals surface area contributed by atoms with Gasteiger partial charge in [0.05, 0.1) is 5.52 Å². The van der Waals surface area contributed by atoms with Crippen molar-refractivity contribution in [3.05, 3.63) is 96.2 Å². The number of aromatic nitrogens is 1. The molecule has 0 amide bonds. The summed E-state index contributed by atoms with van der Waals surface area (Å²) in [5, 5.41) is 8.17. The highest BCUT2D eigenvalue weighted by molar-refractivity contribution is 5.93. The zero-order valence-corrected chi connectivity index (χ0v) is 18.1. The van der Waals surface area contributed by atoms with E-state index in [1.807, 2.05) is 43.3 Å². The van der Waals surface area contributed by atoms with Crippen LogP contribution in [0.25, 0.3) is 10.9 Å². The van der Waals surface area contributed by atoms with Crippen LogP contribution in [0.1, 0.15) is 18.2 Å². The molecule has 1 aromatic heterocycles. The zero-order chi connectivity index (χ0) is 21.5. The summed E-state index contributed by atoms with van der Waals surface area (Å²) in [6.07, 6.45) is 1.01. The van der Waals surface area contributed by atoms with Crippen molar-refractivity contribution in [1.29, 1.82) is 0 Å². The Morgan fingerprint density at radius 2 is 1.71 bits per heavy atom. The summed E-state index contributed by atoms with van der Waals surface area (Å²) in [6, 6.07) is 29.3. The van der Waals surface area contributed by atoms with Gasteiger partial charge in [-0.15, -0.1) is 0 Å². The Morgan fingerprint density at radius 1 is 0.903 bits per heavy atom. The highest BCUT2D eigenvalue weighted by Gasteiger charge is 2.06. The van der Waals surface area contributed by atoms with Gasteiger partial charge in [0.1, 0.15) is 12.4 Å². The van der Waals surface area contributed by atoms with Gasteiger partial charge in [-0.25, -0.2) is 0 Å². The molecule has 4 nitrogen and oxygen atoms in total. The van der Waals surface area contributed by atoms with Crippen LogP contribution in [0.2, 0.25) is 0 Å². The minimum absolute atomic E-state index is 0.405. The van der Waals surface area contributed by atoms with Crippen LogP contribution >= 0.6 is 0 Å². The second-order valence-electron chi connectivity index (χ2n) is 7.87. The third-order valence-corrected chi connectivity index (χ3v) is 5.21. The summed E-state index contributed by atoms with van der Waals surface area (Å²) in [4.78, 5) is 4.61. The Kier molecular flexibility index (Phi) is 6.80. The number of ether oxygens (including phenoxy) is 1. The average molecular weight is 412 g/mol. The summed E-state index contributed by atoms with van der Waals surface area (Å²) < 4.78 is 5.98. The molecule has 1 heterocycles. The van der Waals surface area contributed by atoms with Crippen molar-refractivity contribution < 1.29 is 4.74 Å². The fraction of sp³-hybridized carbons (Fsp3) is 0.222. The van der Waals surface area contributed by atoms with E-state index in [-0.39, 0.29) is 0 Å². The number of hydrogen-bond acceptors (Lipinski definition) is 4. The van der Waals surface area contributed by atoms with Crippen molar-refractivity contribution in [2.75, 3.05) is 18.5 Å². The fourth-order valence-corrected chi connectivity index (χ4v) is 3.74. The number of pyridine rings is 1. The van der Waals surface area contributed by atoms with E-state index in [0.717, 1.165) is 46.7 Å². The number of para-hydroxylation sites is 1. The van der Waals surface area contributed by atoms with Crippen LogP contribution in [0.5, 0.6) is 5.75 Å². The first kappa shape index (κ1) is 20.9. The lowest BCUT2D eigenvalue weighted by atomic mass is 10.1. The Morgan fingerprint density at radius 3 is 2.58 bits per heavy atom. The van der Waals surface area contributed by atoms with Crippen LogP contribution in [0, 0.1) is 6.92 Å². The molecule has 1 atom stereocenters. The van der Waals surface area contributed by atoms with Crippen LogP contribution in [0.15, 0.2) is 84.9 Å². The number of anilines is 2. The van der Waals surface area contributed by atoms with Gasteiger partial charge in [-0.2, -0.15) is 0 Å². The largest absolute Gasteiger partial charge is 0.492 e. The van der Waals surface area contributed by atoms with E-state index < -0.39 is 0 Å². The van der Waals surface area contributed by atoms with Gasteiger partial charge in [-0.1, -0.05) is 54.6 Å². The van der Waals surface area contributed by atoms with Crippen molar-refractivity contribution >= 4 is 22.3 Å². The van der Waals surface area contributed by atoms with Gasteiger partial charge in [-0.05, 0) is 50.1 Å². The topological polar surface area (TPSA) is 46.2 Å². The standard InChI is InChI=1S/C27H29N3O/c1-20(17-22-9-4-3-5-10-22)28-15-16-31-24-12-8-11-23(19-24)30-27-18-21(2)29-26-14-7-6-13-25(26)27/h3-14,18-20,28H,15-17H2,1-2H3,(H,29,30). The molecule has 0 saturated heterocycles. The van der Waals surface area contributed by atoms with E-state index in [2.05, 4.69) is 71.1 Å². The van der Waals surface area contributed by atoms with E-state index in [0.29, 0.717) is 12.6 Å². The molecule has 158 valence electrons. The monoisotopic (exact) mass is 411 g/mol. The molecule has 0 aliphatic rings. The third-order valence-electron chi connectivity index (χ3n) is 5.21. The molecule has 0 aliphatic heterocycles. The molecule has 0 bridgehead atoms. The minimum Gasteiger partial charge on any atom is -0.492 e. The molecule has 1 unspecified atom stereocenters. The molecule has 0 saturated carbocycles. The highest BCUT2D eigenvalue weighted by atomic mass is 16.5. The molecule has 4 aromatic rings. The van der Waals surface area contributed by atoms with Gasteiger partial charge >= 0.3 is 0 Å². The molecular weight excluding hydrogens is 382 g/mol. The summed E-state index contributed by atoms with van der Waals surface area (Å²) in [5.41, 5.74) is 5.38. The average Bonchev–Trinajstić information content (AvgIpc) is 2.78. The Bertz CT molecular complexity index is 1130. The molecule has 4 rings (SSSR count). The lowest BCUT2D eigenvalue weighted by molar-refractivity contribution is 0.307. The van der Waals surface area contributed by atoms with E-state index in [4.69, 9.17) is 4.74 Å². The van der Waals surface area contributed by atoms with Crippen LogP contribution in [-0.4, -0.2) is 24.2 Å². The quantitative estimate of drug-likeness (QED) is 0.337. The molecule has 3 aromatic carbocycles. The maximum Gasteiger partial charge on any atom is 0.121 e. The maximum absolute atomic E-state index is 5.98. The Balaban J connectivity index is 1.32. The zero-order valence-electron chi connectivity index (χ0n) is 18.1. The second kappa shape index (κ2) is 10.1. The van der Waals surface area contributed by atoms with Gasteiger partial charge in [-0.3, -0.25) is 4.98 Å². The van der Waals surface area contributed by atoms with E-state index in [1.54, 1.807) is 0 Å². The van der Waals surface area contributed by atoms with Gasteiger partial charge in [0, 0.05) is 41.1 Å². The van der Waals surface area contributed by atoms with E-state index >= 15 is 0 Å². The molecule has 0 aliphatic carbocycles. The Labute approximate surface area is 184 Å². The van der Waals surface area contributed by atoms with Gasteiger partial charge in [0.2, 0.25) is 0 Å². The smallest absolute Gasteiger partial charge is 0.121 e. The number of nitrogens with one attached hydrogen (secondary N) is 2. The summed E-state index contributed by atoms with van der Waals surface area (Å²) >= 11 is 0. The first-order valence-electron chi connectivity index (χ1n) is 10.8. The lowest BCUT2D eigenvalue weighted by Gasteiger charge is -2.15. The molecule has 0 radical (unpaired) electrons. The van der Waals surface area contributed by atoms with Crippen molar-refractivity contribution in [1.82, 2.24) is 10.3 Å². The van der Waals surface area contributed by atoms with Crippen molar-refractivity contribution in [2.24, 2.45) is 0 Å². The van der Waals surface area contributed by atoms with E-state index in [9.17, 15) is 0 Å². The van der Waals surface area contributed by atoms with Crippen molar-refractivity contribution in [3.63, 3.8) is 0 Å². The molecule has 0 fully saturated rings. The Hall–Kier alpha value is -3.37. The molecular formula is C27H29N3O.